The maximum atomic E-state index is 11.4. The van der Waals surface area contributed by atoms with Gasteiger partial charge in [-0.3, -0.25) is 0 Å². The van der Waals surface area contributed by atoms with Crippen LogP contribution in [0.25, 0.3) is 0 Å². The molecule has 1 aliphatic heterocycles. The molecular weight excluding hydrogens is 316 g/mol. The summed E-state index contributed by atoms with van der Waals surface area (Å²) in [4.78, 5) is -0.0192. The van der Waals surface area contributed by atoms with Gasteiger partial charge in [0.25, 0.3) is 0 Å². The smallest absolute Gasteiger partial charge is 0.238 e. The molecule has 1 heterocycles. The minimum atomic E-state index is -3.80. The van der Waals surface area contributed by atoms with Crippen LogP contribution in [0.3, 0.4) is 0 Å². The van der Waals surface area contributed by atoms with E-state index in [1.165, 1.54) is 25.3 Å². The normalized spacial score (nSPS) is 19.1. The Bertz CT molecular complexity index is 714. The predicted molar refractivity (Wildman–Crippen MR) is 79.7 cm³/mol. The molecule has 1 fully saturated rings. The third-order valence-electron chi connectivity index (χ3n) is 3.41. The van der Waals surface area contributed by atoms with Gasteiger partial charge < -0.3 is 10.1 Å². The molecule has 0 aromatic heterocycles. The van der Waals surface area contributed by atoms with Gasteiger partial charge in [0.1, 0.15) is 15.6 Å². The molecule has 9 heteroatoms. The van der Waals surface area contributed by atoms with Crippen molar-refractivity contribution in [2.24, 2.45) is 5.14 Å². The Morgan fingerprint density at radius 1 is 1.29 bits per heavy atom. The van der Waals surface area contributed by atoms with E-state index in [0.717, 1.165) is 0 Å². The molecule has 0 atom stereocenters. The van der Waals surface area contributed by atoms with Crippen LogP contribution in [-0.2, 0) is 19.9 Å². The van der Waals surface area contributed by atoms with Crippen molar-refractivity contribution in [1.82, 2.24) is 0 Å². The topological polar surface area (TPSA) is 116 Å². The van der Waals surface area contributed by atoms with E-state index >= 15 is 0 Å². The maximum Gasteiger partial charge on any atom is 0.238 e. The highest BCUT2D eigenvalue weighted by Crippen LogP contribution is 2.29. The van der Waals surface area contributed by atoms with Crippen LogP contribution in [0.4, 0.5) is 5.69 Å². The van der Waals surface area contributed by atoms with E-state index in [1.54, 1.807) is 0 Å². The number of primary sulfonamides is 1. The molecule has 0 radical (unpaired) electrons. The number of hydrogen-bond donors (Lipinski definition) is 2. The molecule has 0 spiro atoms. The molecule has 0 amide bonds. The number of ether oxygens (including phenoxy) is 1. The van der Waals surface area contributed by atoms with Crippen LogP contribution in [0.15, 0.2) is 23.1 Å². The van der Waals surface area contributed by atoms with Crippen LogP contribution in [0.5, 0.6) is 5.75 Å². The highest BCUT2D eigenvalue weighted by molar-refractivity contribution is 7.91. The largest absolute Gasteiger partial charge is 0.495 e. The SMILES string of the molecule is COc1ccc(S(N)(=O)=O)cc1NC1CCS(=O)(=O)CC1. The van der Waals surface area contributed by atoms with Crippen LogP contribution in [-0.4, -0.2) is 41.5 Å². The Balaban J connectivity index is 2.22. The molecule has 3 N–H and O–H groups in total. The van der Waals surface area contributed by atoms with Gasteiger partial charge in [0.05, 0.1) is 29.2 Å². The molecule has 0 aliphatic carbocycles. The molecule has 0 bridgehead atoms. The molecule has 1 aromatic carbocycles. The van der Waals surface area contributed by atoms with Gasteiger partial charge in [-0.1, -0.05) is 0 Å². The third-order valence-corrected chi connectivity index (χ3v) is 6.04. The van der Waals surface area contributed by atoms with Crippen LogP contribution in [0.2, 0.25) is 0 Å². The quantitative estimate of drug-likeness (QED) is 0.820. The summed E-state index contributed by atoms with van der Waals surface area (Å²) in [6.45, 7) is 0. The van der Waals surface area contributed by atoms with Crippen LogP contribution >= 0.6 is 0 Å². The Morgan fingerprint density at radius 2 is 1.90 bits per heavy atom. The molecule has 21 heavy (non-hydrogen) atoms. The summed E-state index contributed by atoms with van der Waals surface area (Å²) in [6.07, 6.45) is 0.955. The average molecular weight is 334 g/mol. The minimum Gasteiger partial charge on any atom is -0.495 e. The number of methoxy groups -OCH3 is 1. The van der Waals surface area contributed by atoms with Gasteiger partial charge in [-0.05, 0) is 31.0 Å². The lowest BCUT2D eigenvalue weighted by Gasteiger charge is -2.25. The zero-order valence-electron chi connectivity index (χ0n) is 11.6. The molecule has 0 saturated carbocycles. The summed E-state index contributed by atoms with van der Waals surface area (Å²) in [7, 11) is -5.27. The molecule has 1 saturated heterocycles. The Morgan fingerprint density at radius 3 is 2.43 bits per heavy atom. The minimum absolute atomic E-state index is 0.0192. The highest BCUT2D eigenvalue weighted by Gasteiger charge is 2.24. The summed E-state index contributed by atoms with van der Waals surface area (Å²) in [5.74, 6) is 0.736. The standard InChI is InChI=1S/C12H18N2O5S2/c1-19-12-3-2-10(21(13,17)18)8-11(12)14-9-4-6-20(15,16)7-5-9/h2-3,8-9,14H,4-7H2,1H3,(H2,13,17,18). The van der Waals surface area contributed by atoms with Crippen LogP contribution in [0.1, 0.15) is 12.8 Å². The molecule has 7 nitrogen and oxygen atoms in total. The van der Waals surface area contributed by atoms with Gasteiger partial charge >= 0.3 is 0 Å². The molecule has 118 valence electrons. The van der Waals surface area contributed by atoms with Crippen LogP contribution < -0.4 is 15.2 Å². The van der Waals surface area contributed by atoms with E-state index in [2.05, 4.69) is 5.32 Å². The Hall–Kier alpha value is -1.32. The lowest BCUT2D eigenvalue weighted by molar-refractivity contribution is 0.415. The van der Waals surface area contributed by atoms with Gasteiger partial charge in [-0.2, -0.15) is 0 Å². The number of rotatable bonds is 4. The second kappa shape index (κ2) is 5.82. The molecule has 1 aliphatic rings. The summed E-state index contributed by atoms with van der Waals surface area (Å²) < 4.78 is 50.8. The van der Waals surface area contributed by atoms with E-state index < -0.39 is 19.9 Å². The van der Waals surface area contributed by atoms with Crippen molar-refractivity contribution in [1.29, 1.82) is 0 Å². The maximum absolute atomic E-state index is 11.4. The number of sulfonamides is 1. The average Bonchev–Trinajstić information content (AvgIpc) is 2.40. The Kier molecular flexibility index (Phi) is 4.45. The monoisotopic (exact) mass is 334 g/mol. The van der Waals surface area contributed by atoms with E-state index in [0.29, 0.717) is 24.3 Å². The summed E-state index contributed by atoms with van der Waals surface area (Å²) in [5, 5.41) is 8.25. The first-order valence-electron chi connectivity index (χ1n) is 6.39. The molecule has 0 unspecified atom stereocenters. The van der Waals surface area contributed by atoms with Gasteiger partial charge in [-0.15, -0.1) is 0 Å². The number of anilines is 1. The lowest BCUT2D eigenvalue weighted by Crippen LogP contribution is -2.32. The van der Waals surface area contributed by atoms with Crippen molar-refractivity contribution in [2.75, 3.05) is 23.9 Å². The van der Waals surface area contributed by atoms with Crippen molar-refractivity contribution in [3.8, 4) is 5.75 Å². The number of nitrogens with one attached hydrogen (secondary N) is 1. The highest BCUT2D eigenvalue weighted by atomic mass is 32.2. The van der Waals surface area contributed by atoms with Crippen molar-refractivity contribution >= 4 is 25.5 Å². The summed E-state index contributed by atoms with van der Waals surface area (Å²) in [6, 6.07) is 4.24. The zero-order chi connectivity index (χ0) is 15.7. The zero-order valence-corrected chi connectivity index (χ0v) is 13.2. The fraction of sp³-hybridized carbons (Fsp3) is 0.500. The van der Waals surface area contributed by atoms with E-state index in [4.69, 9.17) is 9.88 Å². The summed E-state index contributed by atoms with van der Waals surface area (Å²) >= 11 is 0. The molecular formula is C12H18N2O5S2. The second-order valence-electron chi connectivity index (χ2n) is 4.98. The predicted octanol–water partition coefficient (Wildman–Crippen LogP) is 0.332. The number of sulfone groups is 1. The van der Waals surface area contributed by atoms with E-state index in [-0.39, 0.29) is 22.4 Å². The first-order valence-corrected chi connectivity index (χ1v) is 9.76. The van der Waals surface area contributed by atoms with Crippen molar-refractivity contribution < 1.29 is 21.6 Å². The van der Waals surface area contributed by atoms with E-state index in [1.807, 2.05) is 0 Å². The fourth-order valence-corrected chi connectivity index (χ4v) is 4.26. The molecule has 1 aromatic rings. The second-order valence-corrected chi connectivity index (χ2v) is 8.84. The lowest BCUT2D eigenvalue weighted by atomic mass is 10.1. The van der Waals surface area contributed by atoms with Gasteiger partial charge in [0, 0.05) is 6.04 Å². The Labute approximate surface area is 124 Å². The van der Waals surface area contributed by atoms with Crippen molar-refractivity contribution in [3.05, 3.63) is 18.2 Å². The van der Waals surface area contributed by atoms with Gasteiger partial charge in [0.15, 0.2) is 0 Å². The first kappa shape index (κ1) is 16.1. The van der Waals surface area contributed by atoms with Gasteiger partial charge in [0.2, 0.25) is 10.0 Å². The first-order chi connectivity index (χ1) is 9.71. The fourth-order valence-electron chi connectivity index (χ4n) is 2.23. The van der Waals surface area contributed by atoms with E-state index in [9.17, 15) is 16.8 Å². The number of benzene rings is 1. The number of nitrogens with two attached hydrogens (primary N) is 1. The van der Waals surface area contributed by atoms with Crippen molar-refractivity contribution in [2.45, 2.75) is 23.8 Å². The molecule has 2 rings (SSSR count). The summed E-state index contributed by atoms with van der Waals surface area (Å²) in [5.41, 5.74) is 0.494. The van der Waals surface area contributed by atoms with Crippen LogP contribution in [0, 0.1) is 0 Å². The van der Waals surface area contributed by atoms with Gasteiger partial charge in [-0.25, -0.2) is 22.0 Å². The number of hydrogen-bond acceptors (Lipinski definition) is 6. The third kappa shape index (κ3) is 4.08. The van der Waals surface area contributed by atoms with Crippen molar-refractivity contribution in [3.63, 3.8) is 0 Å².